The molecule has 20 heavy (non-hydrogen) atoms. The predicted octanol–water partition coefficient (Wildman–Crippen LogP) is 2.97. The van der Waals surface area contributed by atoms with Crippen LogP contribution in [-0.2, 0) is 5.75 Å². The topological polar surface area (TPSA) is 73.9 Å². The third-order valence-corrected chi connectivity index (χ3v) is 4.44. The standard InChI is InChI=1S/C13H12N4OS2/c1-18-11-8(3-2-5-15-11)7-20-13-16-10(14)9-4-6-19-12(9)17-13/h2-6H,7H2,1H3,(H2,14,16,17). The molecule has 2 N–H and O–H groups in total. The fourth-order valence-corrected chi connectivity index (χ4v) is 3.44. The Labute approximate surface area is 124 Å². The van der Waals surface area contributed by atoms with Crippen molar-refractivity contribution in [1.29, 1.82) is 0 Å². The van der Waals surface area contributed by atoms with Crippen LogP contribution in [0.25, 0.3) is 10.2 Å². The lowest BCUT2D eigenvalue weighted by Gasteiger charge is -2.06. The summed E-state index contributed by atoms with van der Waals surface area (Å²) in [6.45, 7) is 0. The van der Waals surface area contributed by atoms with Gasteiger partial charge in [-0.1, -0.05) is 17.8 Å². The minimum Gasteiger partial charge on any atom is -0.481 e. The minimum atomic E-state index is 0.525. The van der Waals surface area contributed by atoms with Crippen molar-refractivity contribution < 1.29 is 4.74 Å². The third-order valence-electron chi connectivity index (χ3n) is 2.73. The highest BCUT2D eigenvalue weighted by molar-refractivity contribution is 7.98. The molecule has 0 fully saturated rings. The second kappa shape index (κ2) is 5.64. The number of nitrogens with zero attached hydrogens (tertiary/aromatic N) is 3. The number of methoxy groups -OCH3 is 1. The van der Waals surface area contributed by atoms with E-state index in [1.165, 1.54) is 11.8 Å². The number of pyridine rings is 1. The average Bonchev–Trinajstić information content (AvgIpc) is 2.94. The molecule has 0 unspecified atom stereocenters. The van der Waals surface area contributed by atoms with E-state index in [0.29, 0.717) is 22.6 Å². The van der Waals surface area contributed by atoms with Gasteiger partial charge in [0.15, 0.2) is 5.16 Å². The summed E-state index contributed by atoms with van der Waals surface area (Å²) in [5.74, 6) is 1.84. The van der Waals surface area contributed by atoms with Crippen LogP contribution in [-0.4, -0.2) is 22.1 Å². The Morgan fingerprint density at radius 1 is 1.35 bits per heavy atom. The van der Waals surface area contributed by atoms with Crippen molar-refractivity contribution in [1.82, 2.24) is 15.0 Å². The number of ether oxygens (including phenoxy) is 1. The van der Waals surface area contributed by atoms with Gasteiger partial charge in [0, 0.05) is 17.5 Å². The van der Waals surface area contributed by atoms with Gasteiger partial charge in [-0.05, 0) is 17.5 Å². The Morgan fingerprint density at radius 3 is 3.10 bits per heavy atom. The normalized spacial score (nSPS) is 10.8. The number of nitrogen functional groups attached to an aromatic ring is 1. The Bertz CT molecular complexity index is 744. The molecular weight excluding hydrogens is 292 g/mol. The summed E-state index contributed by atoms with van der Waals surface area (Å²) in [7, 11) is 1.61. The van der Waals surface area contributed by atoms with Crippen LogP contribution >= 0.6 is 23.1 Å². The van der Waals surface area contributed by atoms with Crippen molar-refractivity contribution in [2.24, 2.45) is 0 Å². The van der Waals surface area contributed by atoms with Gasteiger partial charge in [0.25, 0.3) is 0 Å². The highest BCUT2D eigenvalue weighted by Crippen LogP contribution is 2.29. The van der Waals surface area contributed by atoms with E-state index in [9.17, 15) is 0 Å². The van der Waals surface area contributed by atoms with E-state index in [4.69, 9.17) is 10.5 Å². The molecule has 0 amide bonds. The number of thiophene rings is 1. The van der Waals surface area contributed by atoms with Crippen molar-refractivity contribution in [3.05, 3.63) is 35.3 Å². The summed E-state index contributed by atoms with van der Waals surface area (Å²) in [5, 5.41) is 3.55. The molecule has 3 aromatic rings. The molecule has 3 aromatic heterocycles. The molecule has 102 valence electrons. The van der Waals surface area contributed by atoms with Crippen molar-refractivity contribution in [2.45, 2.75) is 10.9 Å². The number of thioether (sulfide) groups is 1. The Balaban J connectivity index is 1.83. The number of aromatic nitrogens is 3. The zero-order valence-corrected chi connectivity index (χ0v) is 12.4. The lowest BCUT2D eigenvalue weighted by atomic mass is 10.3. The van der Waals surface area contributed by atoms with Crippen molar-refractivity contribution in [3.63, 3.8) is 0 Å². The maximum Gasteiger partial charge on any atom is 0.217 e. The second-order valence-electron chi connectivity index (χ2n) is 3.99. The van der Waals surface area contributed by atoms with E-state index < -0.39 is 0 Å². The zero-order valence-electron chi connectivity index (χ0n) is 10.7. The first kappa shape index (κ1) is 13.1. The van der Waals surface area contributed by atoms with Crippen molar-refractivity contribution >= 4 is 39.1 Å². The van der Waals surface area contributed by atoms with Gasteiger partial charge in [0.05, 0.1) is 12.5 Å². The monoisotopic (exact) mass is 304 g/mol. The molecule has 0 radical (unpaired) electrons. The van der Waals surface area contributed by atoms with Crippen molar-refractivity contribution in [3.8, 4) is 5.88 Å². The molecule has 5 nitrogen and oxygen atoms in total. The average molecular weight is 304 g/mol. The number of hydrogen-bond acceptors (Lipinski definition) is 7. The van der Waals surface area contributed by atoms with Gasteiger partial charge in [-0.25, -0.2) is 15.0 Å². The molecule has 3 heterocycles. The van der Waals surface area contributed by atoms with Gasteiger partial charge in [0.2, 0.25) is 5.88 Å². The van der Waals surface area contributed by atoms with E-state index in [-0.39, 0.29) is 0 Å². The molecule has 0 aromatic carbocycles. The van der Waals surface area contributed by atoms with Gasteiger partial charge in [0.1, 0.15) is 10.6 Å². The largest absolute Gasteiger partial charge is 0.481 e. The summed E-state index contributed by atoms with van der Waals surface area (Å²) in [6, 6.07) is 5.80. The van der Waals surface area contributed by atoms with Gasteiger partial charge in [-0.3, -0.25) is 0 Å². The SMILES string of the molecule is COc1ncccc1CSc1nc(N)c2ccsc2n1. The molecule has 0 saturated carbocycles. The highest BCUT2D eigenvalue weighted by Gasteiger charge is 2.09. The first-order chi connectivity index (χ1) is 9.78. The van der Waals surface area contributed by atoms with E-state index in [1.807, 2.05) is 23.6 Å². The summed E-state index contributed by atoms with van der Waals surface area (Å²) in [4.78, 5) is 13.9. The van der Waals surface area contributed by atoms with Crippen molar-refractivity contribution in [2.75, 3.05) is 12.8 Å². The summed E-state index contributed by atoms with van der Waals surface area (Å²) in [6.07, 6.45) is 1.71. The number of nitrogens with two attached hydrogens (primary N) is 1. The Morgan fingerprint density at radius 2 is 2.25 bits per heavy atom. The molecule has 0 aliphatic heterocycles. The summed E-state index contributed by atoms with van der Waals surface area (Å²) >= 11 is 3.08. The Hall–Kier alpha value is -1.86. The smallest absolute Gasteiger partial charge is 0.217 e. The molecule has 0 saturated heterocycles. The van der Waals surface area contributed by atoms with E-state index in [0.717, 1.165) is 15.8 Å². The van der Waals surface area contributed by atoms with E-state index >= 15 is 0 Å². The molecule has 0 spiro atoms. The van der Waals surface area contributed by atoms with Crippen LogP contribution < -0.4 is 10.5 Å². The number of anilines is 1. The molecule has 0 aliphatic rings. The first-order valence-electron chi connectivity index (χ1n) is 5.89. The van der Waals surface area contributed by atoms with Gasteiger partial charge in [-0.15, -0.1) is 11.3 Å². The second-order valence-corrected chi connectivity index (χ2v) is 5.83. The van der Waals surface area contributed by atoms with Crippen LogP contribution in [0.5, 0.6) is 5.88 Å². The van der Waals surface area contributed by atoms with Gasteiger partial charge >= 0.3 is 0 Å². The quantitative estimate of drug-likeness (QED) is 0.590. The number of fused-ring (bicyclic) bond motifs is 1. The van der Waals surface area contributed by atoms with Crippen LogP contribution in [0.15, 0.2) is 34.9 Å². The fourth-order valence-electron chi connectivity index (χ4n) is 1.78. The predicted molar refractivity (Wildman–Crippen MR) is 82.2 cm³/mol. The molecule has 0 aliphatic carbocycles. The van der Waals surface area contributed by atoms with Gasteiger partial charge < -0.3 is 10.5 Å². The van der Waals surface area contributed by atoms with E-state index in [2.05, 4.69) is 15.0 Å². The maximum absolute atomic E-state index is 5.93. The van der Waals surface area contributed by atoms with Crippen LogP contribution in [0, 0.1) is 0 Å². The lowest BCUT2D eigenvalue weighted by molar-refractivity contribution is 0.394. The minimum absolute atomic E-state index is 0.525. The Kier molecular flexibility index (Phi) is 3.70. The van der Waals surface area contributed by atoms with Crippen LogP contribution in [0.2, 0.25) is 0 Å². The summed E-state index contributed by atoms with van der Waals surface area (Å²) in [5.41, 5.74) is 6.94. The van der Waals surface area contributed by atoms with Gasteiger partial charge in [-0.2, -0.15) is 0 Å². The van der Waals surface area contributed by atoms with Crippen LogP contribution in [0.1, 0.15) is 5.56 Å². The molecular formula is C13H12N4OS2. The zero-order chi connectivity index (χ0) is 13.9. The fraction of sp³-hybridized carbons (Fsp3) is 0.154. The van der Waals surface area contributed by atoms with Crippen LogP contribution in [0.3, 0.4) is 0 Å². The first-order valence-corrected chi connectivity index (χ1v) is 7.76. The molecule has 7 heteroatoms. The maximum atomic E-state index is 5.93. The third kappa shape index (κ3) is 2.54. The number of rotatable bonds is 4. The number of hydrogen-bond donors (Lipinski definition) is 1. The molecule has 0 atom stereocenters. The summed E-state index contributed by atoms with van der Waals surface area (Å²) < 4.78 is 5.23. The van der Waals surface area contributed by atoms with Crippen LogP contribution in [0.4, 0.5) is 5.82 Å². The molecule has 3 rings (SSSR count). The highest BCUT2D eigenvalue weighted by atomic mass is 32.2. The van der Waals surface area contributed by atoms with E-state index in [1.54, 1.807) is 24.6 Å². The molecule has 0 bridgehead atoms. The lowest BCUT2D eigenvalue weighted by Crippen LogP contribution is -1.96.